The van der Waals surface area contributed by atoms with E-state index in [9.17, 15) is 4.79 Å². The molecule has 1 aromatic carbocycles. The van der Waals surface area contributed by atoms with Crippen molar-refractivity contribution in [1.82, 2.24) is 0 Å². The highest BCUT2D eigenvalue weighted by molar-refractivity contribution is 9.10. The van der Waals surface area contributed by atoms with Crippen molar-refractivity contribution < 1.29 is 19.4 Å². The van der Waals surface area contributed by atoms with Crippen LogP contribution in [-0.4, -0.2) is 25.3 Å². The minimum atomic E-state index is -0.982. The van der Waals surface area contributed by atoms with Gasteiger partial charge in [0.15, 0.2) is 11.5 Å². The van der Waals surface area contributed by atoms with E-state index in [1.54, 1.807) is 26.2 Å². The summed E-state index contributed by atoms with van der Waals surface area (Å²) in [7, 11) is 3.08. The molecule has 0 spiro atoms. The van der Waals surface area contributed by atoms with Gasteiger partial charge in [-0.05, 0) is 30.2 Å². The molecule has 0 aliphatic carbocycles. The van der Waals surface area contributed by atoms with Gasteiger partial charge in [0.2, 0.25) is 0 Å². The van der Waals surface area contributed by atoms with E-state index < -0.39 is 5.97 Å². The number of allylic oxidation sites excluding steroid dienone is 1. The Morgan fingerprint density at radius 1 is 1.29 bits per heavy atom. The van der Waals surface area contributed by atoms with Crippen LogP contribution in [0.15, 0.2) is 22.7 Å². The van der Waals surface area contributed by atoms with Crippen molar-refractivity contribution in [1.29, 1.82) is 0 Å². The van der Waals surface area contributed by atoms with E-state index >= 15 is 0 Å². The van der Waals surface area contributed by atoms with Gasteiger partial charge in [-0.25, -0.2) is 4.79 Å². The zero-order chi connectivity index (χ0) is 13.0. The van der Waals surface area contributed by atoms with Crippen LogP contribution in [0.4, 0.5) is 0 Å². The van der Waals surface area contributed by atoms with E-state index in [4.69, 9.17) is 14.6 Å². The van der Waals surface area contributed by atoms with Gasteiger partial charge in [-0.2, -0.15) is 0 Å². The normalized spacial score (nSPS) is 11.2. The lowest BCUT2D eigenvalue weighted by Crippen LogP contribution is -1.95. The molecule has 5 heteroatoms. The molecule has 0 aliphatic heterocycles. The number of ether oxygens (including phenoxy) is 2. The van der Waals surface area contributed by atoms with Crippen LogP contribution in [0.5, 0.6) is 11.5 Å². The molecule has 0 heterocycles. The summed E-state index contributed by atoms with van der Waals surface area (Å²) in [5.41, 5.74) is 1.38. The number of benzene rings is 1. The molecular weight excluding hydrogens is 288 g/mol. The van der Waals surface area contributed by atoms with Gasteiger partial charge in [-0.3, -0.25) is 0 Å². The highest BCUT2D eigenvalue weighted by Crippen LogP contribution is 2.36. The fourth-order valence-corrected chi connectivity index (χ4v) is 2.05. The van der Waals surface area contributed by atoms with Gasteiger partial charge in [0.25, 0.3) is 0 Å². The average molecular weight is 301 g/mol. The monoisotopic (exact) mass is 300 g/mol. The molecule has 0 bridgehead atoms. The second-order valence-corrected chi connectivity index (χ2v) is 4.21. The van der Waals surface area contributed by atoms with Crippen molar-refractivity contribution in [2.24, 2.45) is 0 Å². The lowest BCUT2D eigenvalue weighted by atomic mass is 10.1. The molecule has 92 valence electrons. The number of methoxy groups -OCH3 is 2. The molecule has 0 saturated heterocycles. The smallest absolute Gasteiger partial charge is 0.328 e. The summed E-state index contributed by atoms with van der Waals surface area (Å²) in [5, 5.41) is 8.72. The van der Waals surface area contributed by atoms with E-state index in [0.29, 0.717) is 17.1 Å². The van der Waals surface area contributed by atoms with Crippen molar-refractivity contribution >= 4 is 27.5 Å². The lowest BCUT2D eigenvalue weighted by Gasteiger charge is -2.11. The molecule has 0 unspecified atom stereocenters. The summed E-state index contributed by atoms with van der Waals surface area (Å²) >= 11 is 3.37. The highest BCUT2D eigenvalue weighted by atomic mass is 79.9. The summed E-state index contributed by atoms with van der Waals surface area (Å²) in [6.45, 7) is 1.72. The summed E-state index contributed by atoms with van der Waals surface area (Å²) in [6.07, 6.45) is 1.14. The predicted molar refractivity (Wildman–Crippen MR) is 68.5 cm³/mol. The first kappa shape index (κ1) is 13.6. The van der Waals surface area contributed by atoms with Crippen LogP contribution in [0.1, 0.15) is 12.5 Å². The van der Waals surface area contributed by atoms with Gasteiger partial charge in [-0.15, -0.1) is 0 Å². The fourth-order valence-electron chi connectivity index (χ4n) is 1.42. The first-order chi connectivity index (χ1) is 7.99. The maximum absolute atomic E-state index is 10.6. The summed E-state index contributed by atoms with van der Waals surface area (Å²) in [5.74, 6) is 0.166. The second kappa shape index (κ2) is 5.72. The number of halogens is 1. The molecule has 17 heavy (non-hydrogen) atoms. The Morgan fingerprint density at radius 2 is 1.82 bits per heavy atom. The van der Waals surface area contributed by atoms with E-state index in [1.165, 1.54) is 7.11 Å². The highest BCUT2D eigenvalue weighted by Gasteiger charge is 2.11. The van der Waals surface area contributed by atoms with Crippen LogP contribution in [0.25, 0.3) is 5.57 Å². The first-order valence-electron chi connectivity index (χ1n) is 4.82. The molecule has 0 saturated carbocycles. The quantitative estimate of drug-likeness (QED) is 0.869. The third-order valence-electron chi connectivity index (χ3n) is 2.24. The Kier molecular flexibility index (Phi) is 4.57. The molecule has 1 rings (SSSR count). The van der Waals surface area contributed by atoms with Crippen LogP contribution in [0.3, 0.4) is 0 Å². The van der Waals surface area contributed by atoms with Crippen LogP contribution >= 0.6 is 15.9 Å². The number of carboxylic acid groups (broad SMARTS) is 1. The van der Waals surface area contributed by atoms with E-state index in [2.05, 4.69) is 15.9 Å². The third-order valence-corrected chi connectivity index (χ3v) is 2.89. The van der Waals surface area contributed by atoms with Crippen molar-refractivity contribution in [2.75, 3.05) is 14.2 Å². The van der Waals surface area contributed by atoms with Gasteiger partial charge in [0.1, 0.15) is 0 Å². The maximum atomic E-state index is 10.6. The molecule has 0 radical (unpaired) electrons. The van der Waals surface area contributed by atoms with E-state index in [-0.39, 0.29) is 0 Å². The zero-order valence-electron chi connectivity index (χ0n) is 9.78. The van der Waals surface area contributed by atoms with Crippen molar-refractivity contribution in [3.8, 4) is 11.5 Å². The van der Waals surface area contributed by atoms with Gasteiger partial charge in [0, 0.05) is 10.5 Å². The first-order valence-corrected chi connectivity index (χ1v) is 5.62. The minimum Gasteiger partial charge on any atom is -0.493 e. The second-order valence-electron chi connectivity index (χ2n) is 3.35. The minimum absolute atomic E-state index is 0.559. The summed E-state index contributed by atoms with van der Waals surface area (Å²) < 4.78 is 11.1. The zero-order valence-corrected chi connectivity index (χ0v) is 11.4. The van der Waals surface area contributed by atoms with Crippen LogP contribution in [-0.2, 0) is 4.79 Å². The molecule has 0 aliphatic rings. The fraction of sp³-hybridized carbons (Fsp3) is 0.250. The van der Waals surface area contributed by atoms with Crippen LogP contribution < -0.4 is 9.47 Å². The largest absolute Gasteiger partial charge is 0.493 e. The molecule has 0 atom stereocenters. The summed E-state index contributed by atoms with van der Waals surface area (Å²) in [6, 6.07) is 3.48. The molecule has 0 fully saturated rings. The number of aliphatic carboxylic acids is 1. The van der Waals surface area contributed by atoms with Crippen LogP contribution in [0.2, 0.25) is 0 Å². The van der Waals surface area contributed by atoms with Gasteiger partial charge in [0.05, 0.1) is 14.2 Å². The van der Waals surface area contributed by atoms with Crippen LogP contribution in [0, 0.1) is 0 Å². The Bertz CT molecular complexity index is 466. The Balaban J connectivity index is 3.31. The Labute approximate surface area is 108 Å². The topological polar surface area (TPSA) is 55.8 Å². The summed E-state index contributed by atoms with van der Waals surface area (Å²) in [4.78, 5) is 10.6. The number of rotatable bonds is 4. The van der Waals surface area contributed by atoms with E-state index in [1.807, 2.05) is 0 Å². The molecule has 1 aromatic rings. The molecule has 4 nitrogen and oxygen atoms in total. The SMILES string of the molecule is COc1cc(Br)c(/C(C)=C/C(=O)O)cc1OC. The lowest BCUT2D eigenvalue weighted by molar-refractivity contribution is -0.131. The predicted octanol–water partition coefficient (Wildman–Crippen LogP) is 2.95. The van der Waals surface area contributed by atoms with Gasteiger partial charge in [-0.1, -0.05) is 15.9 Å². The molecule has 0 amide bonds. The van der Waals surface area contributed by atoms with Crippen molar-refractivity contribution in [3.63, 3.8) is 0 Å². The molecule has 0 aromatic heterocycles. The Morgan fingerprint density at radius 3 is 2.29 bits per heavy atom. The number of carbonyl (C=O) groups is 1. The number of carboxylic acids is 1. The molecule has 1 N–H and O–H groups in total. The number of hydrogen-bond donors (Lipinski definition) is 1. The van der Waals surface area contributed by atoms with Crippen molar-refractivity contribution in [2.45, 2.75) is 6.92 Å². The maximum Gasteiger partial charge on any atom is 0.328 e. The van der Waals surface area contributed by atoms with Gasteiger partial charge < -0.3 is 14.6 Å². The van der Waals surface area contributed by atoms with E-state index in [0.717, 1.165) is 16.1 Å². The molecular formula is C12H13BrO4. The standard InChI is InChI=1S/C12H13BrO4/c1-7(4-12(14)15)8-5-10(16-2)11(17-3)6-9(8)13/h4-6H,1-3H3,(H,14,15)/b7-4+. The average Bonchev–Trinajstić information content (AvgIpc) is 2.27. The Hall–Kier alpha value is -1.49. The van der Waals surface area contributed by atoms with Crippen molar-refractivity contribution in [3.05, 3.63) is 28.2 Å². The third kappa shape index (κ3) is 3.23. The number of hydrogen-bond acceptors (Lipinski definition) is 3. The van der Waals surface area contributed by atoms with Gasteiger partial charge >= 0.3 is 5.97 Å².